The van der Waals surface area contributed by atoms with E-state index in [4.69, 9.17) is 0 Å². The number of thiol groups is 2. The van der Waals surface area contributed by atoms with Gasteiger partial charge in [0.2, 0.25) is 0 Å². The van der Waals surface area contributed by atoms with Crippen LogP contribution in [0.2, 0.25) is 0 Å². The zero-order chi connectivity index (χ0) is 6.12. The summed E-state index contributed by atoms with van der Waals surface area (Å²) in [6.07, 6.45) is 1.18. The van der Waals surface area contributed by atoms with E-state index in [0.717, 1.165) is 11.5 Å². The van der Waals surface area contributed by atoms with Gasteiger partial charge >= 0.3 is 0 Å². The molecule has 0 aromatic heterocycles. The molecule has 0 fully saturated rings. The van der Waals surface area contributed by atoms with Crippen molar-refractivity contribution >= 4 is 25.3 Å². The molecule has 0 unspecified atom stereocenters. The van der Waals surface area contributed by atoms with Crippen molar-refractivity contribution in [1.29, 1.82) is 0 Å². The lowest BCUT2D eigenvalue weighted by Gasteiger charge is -1.67. The molecule has 0 radical (unpaired) electrons. The Morgan fingerprint density at radius 2 is 1.29 bits per heavy atom. The predicted octanol–water partition coefficient (Wildman–Crippen LogP) is 2.26. The van der Waals surface area contributed by atoms with Gasteiger partial charge in [-0.1, -0.05) is 13.8 Å². The van der Waals surface area contributed by atoms with Gasteiger partial charge in [-0.3, -0.25) is 0 Å². The van der Waals surface area contributed by atoms with Crippen molar-refractivity contribution < 1.29 is 0 Å². The molecule has 0 saturated carbocycles. The molecule has 0 N–H and O–H groups in total. The fraction of sp³-hybridized carbons (Fsp3) is 1.00. The lowest BCUT2D eigenvalue weighted by Crippen LogP contribution is -1.56. The van der Waals surface area contributed by atoms with Crippen molar-refractivity contribution in [2.75, 3.05) is 11.5 Å². The Bertz CT molecular complexity index is 13.6. The maximum absolute atomic E-state index is 3.92. The largest absolute Gasteiger partial charge is 0.180 e. The second-order valence-electron chi connectivity index (χ2n) is 1.04. The third kappa shape index (κ3) is 51.2. The van der Waals surface area contributed by atoms with E-state index in [1.54, 1.807) is 0 Å². The third-order valence-electron chi connectivity index (χ3n) is 0.224. The molecule has 2 heteroatoms. The first-order chi connectivity index (χ1) is 3.33. The average molecular weight is 138 g/mol. The van der Waals surface area contributed by atoms with Crippen molar-refractivity contribution in [3.8, 4) is 0 Å². The van der Waals surface area contributed by atoms with Crippen molar-refractivity contribution in [1.82, 2.24) is 0 Å². The van der Waals surface area contributed by atoms with Crippen LogP contribution in [0.4, 0.5) is 0 Å². The van der Waals surface area contributed by atoms with E-state index in [1.165, 1.54) is 6.42 Å². The van der Waals surface area contributed by atoms with E-state index in [9.17, 15) is 0 Å². The standard InChI is InChI=1S/C3H8S.C2H6S/c1-2-3-4;1-2-3/h4H,2-3H2,1H3;3H,2H2,1H3. The van der Waals surface area contributed by atoms with E-state index >= 15 is 0 Å². The van der Waals surface area contributed by atoms with Crippen LogP contribution in [0.5, 0.6) is 0 Å². The first-order valence-corrected chi connectivity index (χ1v) is 3.81. The summed E-state index contributed by atoms with van der Waals surface area (Å²) >= 11 is 7.71. The molecule has 0 aromatic rings. The van der Waals surface area contributed by atoms with Crippen LogP contribution in [-0.4, -0.2) is 11.5 Å². The smallest absolute Gasteiger partial charge is 0.0101 e. The van der Waals surface area contributed by atoms with Crippen LogP contribution < -0.4 is 0 Å². The predicted molar refractivity (Wildman–Crippen MR) is 43.7 cm³/mol. The Balaban J connectivity index is 0. The lowest BCUT2D eigenvalue weighted by atomic mass is 10.6. The second kappa shape index (κ2) is 15.9. The number of hydrogen-bond donors (Lipinski definition) is 2. The van der Waals surface area contributed by atoms with E-state index in [1.807, 2.05) is 6.92 Å². The van der Waals surface area contributed by atoms with Gasteiger partial charge in [0.15, 0.2) is 0 Å². The van der Waals surface area contributed by atoms with E-state index in [0.29, 0.717) is 0 Å². The molecule has 0 nitrogen and oxygen atoms in total. The minimum atomic E-state index is 0.944. The maximum atomic E-state index is 3.92. The zero-order valence-corrected chi connectivity index (χ0v) is 6.80. The highest BCUT2D eigenvalue weighted by Crippen LogP contribution is 1.74. The van der Waals surface area contributed by atoms with Crippen LogP contribution in [0.3, 0.4) is 0 Å². The summed E-state index contributed by atoms with van der Waals surface area (Å²) in [5.41, 5.74) is 0. The van der Waals surface area contributed by atoms with Gasteiger partial charge in [-0.25, -0.2) is 0 Å². The van der Waals surface area contributed by atoms with Crippen molar-refractivity contribution in [3.05, 3.63) is 0 Å². The molecule has 0 bridgehead atoms. The van der Waals surface area contributed by atoms with Crippen molar-refractivity contribution in [2.24, 2.45) is 0 Å². The molecule has 0 saturated heterocycles. The van der Waals surface area contributed by atoms with Crippen LogP contribution in [0, 0.1) is 0 Å². The van der Waals surface area contributed by atoms with E-state index < -0.39 is 0 Å². The number of hydrogen-bond acceptors (Lipinski definition) is 2. The summed E-state index contributed by atoms with van der Waals surface area (Å²) in [6, 6.07) is 0. The minimum Gasteiger partial charge on any atom is -0.180 e. The second-order valence-corrected chi connectivity index (χ2v) is 2.12. The molecular weight excluding hydrogens is 124 g/mol. The molecule has 0 aliphatic rings. The molecule has 0 aliphatic heterocycles. The van der Waals surface area contributed by atoms with Crippen LogP contribution in [0.15, 0.2) is 0 Å². The summed E-state index contributed by atoms with van der Waals surface area (Å²) < 4.78 is 0. The summed E-state index contributed by atoms with van der Waals surface area (Å²) in [5, 5.41) is 0. The van der Waals surface area contributed by atoms with E-state index in [2.05, 4.69) is 32.2 Å². The molecule has 46 valence electrons. The SMILES string of the molecule is CCCS.CCS. The molecule has 0 spiro atoms. The summed E-state index contributed by atoms with van der Waals surface area (Å²) in [7, 11) is 0. The Morgan fingerprint density at radius 1 is 1.14 bits per heavy atom. The normalized spacial score (nSPS) is 6.86. The number of rotatable bonds is 1. The quantitative estimate of drug-likeness (QED) is 0.510. The Kier molecular flexibility index (Phi) is 24.2. The molecule has 0 aliphatic carbocycles. The lowest BCUT2D eigenvalue weighted by molar-refractivity contribution is 1.11. The van der Waals surface area contributed by atoms with Crippen LogP contribution in [0.25, 0.3) is 0 Å². The third-order valence-corrected chi connectivity index (χ3v) is 0.671. The fourth-order valence-electron chi connectivity index (χ4n) is 0. The molecule has 0 rings (SSSR count). The van der Waals surface area contributed by atoms with Gasteiger partial charge in [-0.05, 0) is 17.9 Å². The average Bonchev–Trinajstić information content (AvgIpc) is 1.69. The zero-order valence-electron chi connectivity index (χ0n) is 5.02. The molecule has 0 aromatic carbocycles. The van der Waals surface area contributed by atoms with Gasteiger partial charge in [-0.2, -0.15) is 25.3 Å². The summed E-state index contributed by atoms with van der Waals surface area (Å²) in [5.74, 6) is 1.96. The first-order valence-electron chi connectivity index (χ1n) is 2.55. The molecule has 0 heterocycles. The Labute approximate surface area is 57.5 Å². The Hall–Kier alpha value is 0.700. The minimum absolute atomic E-state index is 0.944. The Morgan fingerprint density at radius 3 is 1.29 bits per heavy atom. The van der Waals surface area contributed by atoms with Crippen LogP contribution in [0.1, 0.15) is 20.3 Å². The van der Waals surface area contributed by atoms with Gasteiger partial charge < -0.3 is 0 Å². The monoisotopic (exact) mass is 138 g/mol. The van der Waals surface area contributed by atoms with E-state index in [-0.39, 0.29) is 0 Å². The van der Waals surface area contributed by atoms with Crippen LogP contribution in [-0.2, 0) is 0 Å². The highest BCUT2D eigenvalue weighted by molar-refractivity contribution is 7.80. The fourth-order valence-corrected chi connectivity index (χ4v) is 0. The molecule has 0 amide bonds. The maximum Gasteiger partial charge on any atom is -0.0101 e. The molecule has 0 atom stereocenters. The molecule has 7 heavy (non-hydrogen) atoms. The summed E-state index contributed by atoms with van der Waals surface area (Å²) in [4.78, 5) is 0. The van der Waals surface area contributed by atoms with Gasteiger partial charge in [0.05, 0.1) is 0 Å². The van der Waals surface area contributed by atoms with Crippen molar-refractivity contribution in [2.45, 2.75) is 20.3 Å². The van der Waals surface area contributed by atoms with Gasteiger partial charge in [0.1, 0.15) is 0 Å². The van der Waals surface area contributed by atoms with Gasteiger partial charge in [0.25, 0.3) is 0 Å². The van der Waals surface area contributed by atoms with Crippen molar-refractivity contribution in [3.63, 3.8) is 0 Å². The highest BCUT2D eigenvalue weighted by Gasteiger charge is 1.57. The highest BCUT2D eigenvalue weighted by atomic mass is 32.1. The molecular formula is C5H14S2. The topological polar surface area (TPSA) is 0 Å². The van der Waals surface area contributed by atoms with Crippen LogP contribution >= 0.6 is 25.3 Å². The van der Waals surface area contributed by atoms with Gasteiger partial charge in [0, 0.05) is 0 Å². The van der Waals surface area contributed by atoms with Gasteiger partial charge in [-0.15, -0.1) is 0 Å². The summed E-state index contributed by atoms with van der Waals surface area (Å²) in [6.45, 7) is 4.09. The first kappa shape index (κ1) is 10.6.